The molecular weight excluding hydrogens is 198 g/mol. The van der Waals surface area contributed by atoms with E-state index in [1.807, 2.05) is 0 Å². The number of amides is 3. The van der Waals surface area contributed by atoms with E-state index in [1.54, 1.807) is 7.05 Å². The van der Waals surface area contributed by atoms with Crippen LogP contribution in [0.25, 0.3) is 0 Å². The van der Waals surface area contributed by atoms with Crippen molar-refractivity contribution in [2.24, 2.45) is 0 Å². The average molecular weight is 213 g/mol. The molecule has 6 nitrogen and oxygen atoms in total. The van der Waals surface area contributed by atoms with Crippen molar-refractivity contribution in [3.05, 3.63) is 0 Å². The van der Waals surface area contributed by atoms with Crippen molar-refractivity contribution < 1.29 is 14.4 Å². The Morgan fingerprint density at radius 3 is 2.60 bits per heavy atom. The van der Waals surface area contributed by atoms with Gasteiger partial charge in [0, 0.05) is 20.0 Å². The summed E-state index contributed by atoms with van der Waals surface area (Å²) in [7, 11) is 3.16. The lowest BCUT2D eigenvalue weighted by molar-refractivity contribution is -0.139. The Kier molecular flexibility index (Phi) is 3.79. The fourth-order valence-corrected chi connectivity index (χ4v) is 1.48. The molecule has 0 saturated carbocycles. The van der Waals surface area contributed by atoms with E-state index in [4.69, 9.17) is 0 Å². The third-order valence-electron chi connectivity index (χ3n) is 2.43. The van der Waals surface area contributed by atoms with Crippen LogP contribution in [0.5, 0.6) is 0 Å². The monoisotopic (exact) mass is 213 g/mol. The Hall–Kier alpha value is -1.43. The molecule has 1 atom stereocenters. The lowest BCUT2D eigenvalue weighted by Crippen LogP contribution is -2.38. The van der Waals surface area contributed by atoms with Crippen molar-refractivity contribution in [2.45, 2.75) is 18.9 Å². The molecule has 1 rings (SSSR count). The molecule has 0 aromatic rings. The van der Waals surface area contributed by atoms with Gasteiger partial charge in [-0.15, -0.1) is 0 Å². The second-order valence-corrected chi connectivity index (χ2v) is 3.35. The normalized spacial score (nSPS) is 20.9. The van der Waals surface area contributed by atoms with E-state index >= 15 is 0 Å². The van der Waals surface area contributed by atoms with Gasteiger partial charge in [0.05, 0.1) is 12.5 Å². The van der Waals surface area contributed by atoms with Gasteiger partial charge < -0.3 is 10.6 Å². The number of rotatable bonds is 4. The average Bonchev–Trinajstić information content (AvgIpc) is 2.51. The SMILES string of the molecule is CNC(=O)CCN1C(=O)CC(NC)C1=O. The molecule has 1 aliphatic heterocycles. The highest BCUT2D eigenvalue weighted by Gasteiger charge is 2.37. The van der Waals surface area contributed by atoms with Gasteiger partial charge in [-0.05, 0) is 7.05 Å². The zero-order chi connectivity index (χ0) is 11.4. The van der Waals surface area contributed by atoms with Crippen molar-refractivity contribution in [1.29, 1.82) is 0 Å². The summed E-state index contributed by atoms with van der Waals surface area (Å²) in [4.78, 5) is 35.0. The predicted molar refractivity (Wildman–Crippen MR) is 52.9 cm³/mol. The summed E-state index contributed by atoms with van der Waals surface area (Å²) >= 11 is 0. The molecule has 1 fully saturated rings. The summed E-state index contributed by atoms with van der Waals surface area (Å²) in [6.07, 6.45) is 0.341. The Labute approximate surface area is 88.0 Å². The van der Waals surface area contributed by atoms with Crippen molar-refractivity contribution in [3.63, 3.8) is 0 Å². The van der Waals surface area contributed by atoms with E-state index in [0.717, 1.165) is 4.90 Å². The largest absolute Gasteiger partial charge is 0.359 e. The van der Waals surface area contributed by atoms with E-state index in [1.165, 1.54) is 7.05 Å². The maximum absolute atomic E-state index is 11.6. The van der Waals surface area contributed by atoms with Gasteiger partial charge in [-0.3, -0.25) is 19.3 Å². The number of hydrogen-bond acceptors (Lipinski definition) is 4. The highest BCUT2D eigenvalue weighted by atomic mass is 16.2. The summed E-state index contributed by atoms with van der Waals surface area (Å²) in [5.41, 5.74) is 0. The summed E-state index contributed by atoms with van der Waals surface area (Å²) in [6.45, 7) is 0.162. The first-order valence-electron chi connectivity index (χ1n) is 4.82. The quantitative estimate of drug-likeness (QED) is 0.555. The van der Waals surface area contributed by atoms with Gasteiger partial charge in [0.2, 0.25) is 17.7 Å². The highest BCUT2D eigenvalue weighted by molar-refractivity contribution is 6.05. The van der Waals surface area contributed by atoms with Crippen LogP contribution in [0.15, 0.2) is 0 Å². The van der Waals surface area contributed by atoms with Crippen LogP contribution in [-0.2, 0) is 14.4 Å². The first kappa shape index (κ1) is 11.6. The van der Waals surface area contributed by atoms with Crippen LogP contribution in [-0.4, -0.2) is 49.3 Å². The fraction of sp³-hybridized carbons (Fsp3) is 0.667. The molecule has 1 unspecified atom stereocenters. The second kappa shape index (κ2) is 4.88. The van der Waals surface area contributed by atoms with Crippen LogP contribution < -0.4 is 10.6 Å². The van der Waals surface area contributed by atoms with Crippen LogP contribution in [0.2, 0.25) is 0 Å². The molecule has 0 spiro atoms. The first-order valence-corrected chi connectivity index (χ1v) is 4.82. The van der Waals surface area contributed by atoms with Gasteiger partial charge in [-0.1, -0.05) is 0 Å². The zero-order valence-electron chi connectivity index (χ0n) is 8.87. The van der Waals surface area contributed by atoms with Gasteiger partial charge in [-0.25, -0.2) is 0 Å². The van der Waals surface area contributed by atoms with E-state index < -0.39 is 6.04 Å². The lowest BCUT2D eigenvalue weighted by atomic mass is 10.2. The molecule has 0 bridgehead atoms. The van der Waals surface area contributed by atoms with E-state index in [9.17, 15) is 14.4 Å². The Morgan fingerprint density at radius 1 is 1.47 bits per heavy atom. The van der Waals surface area contributed by atoms with Gasteiger partial charge >= 0.3 is 0 Å². The van der Waals surface area contributed by atoms with Crippen molar-refractivity contribution in [2.75, 3.05) is 20.6 Å². The molecular formula is C9H15N3O3. The fourth-order valence-electron chi connectivity index (χ4n) is 1.48. The van der Waals surface area contributed by atoms with Crippen LogP contribution in [0, 0.1) is 0 Å². The van der Waals surface area contributed by atoms with Crippen molar-refractivity contribution in [1.82, 2.24) is 15.5 Å². The van der Waals surface area contributed by atoms with Gasteiger partial charge in [0.25, 0.3) is 0 Å². The van der Waals surface area contributed by atoms with Crippen LogP contribution in [0.4, 0.5) is 0 Å². The minimum Gasteiger partial charge on any atom is -0.359 e. The Balaban J connectivity index is 2.51. The maximum atomic E-state index is 11.6. The molecule has 0 aromatic carbocycles. The summed E-state index contributed by atoms with van der Waals surface area (Å²) < 4.78 is 0. The summed E-state index contributed by atoms with van der Waals surface area (Å²) in [5.74, 6) is -0.641. The lowest BCUT2D eigenvalue weighted by Gasteiger charge is -2.13. The third-order valence-corrected chi connectivity index (χ3v) is 2.43. The molecule has 0 aromatic heterocycles. The Morgan fingerprint density at radius 2 is 2.13 bits per heavy atom. The first-order chi connectivity index (χ1) is 7.10. The third kappa shape index (κ3) is 2.53. The molecule has 3 amide bonds. The van der Waals surface area contributed by atoms with Crippen molar-refractivity contribution in [3.8, 4) is 0 Å². The number of likely N-dealkylation sites (tertiary alicyclic amines) is 1. The summed E-state index contributed by atoms with van der Waals surface area (Å²) in [6, 6.07) is -0.429. The Bertz CT molecular complexity index is 290. The van der Waals surface area contributed by atoms with Gasteiger partial charge in [0.1, 0.15) is 0 Å². The van der Waals surface area contributed by atoms with Crippen LogP contribution in [0.3, 0.4) is 0 Å². The van der Waals surface area contributed by atoms with E-state index in [-0.39, 0.29) is 37.1 Å². The molecule has 1 saturated heterocycles. The van der Waals surface area contributed by atoms with Gasteiger partial charge in [0.15, 0.2) is 0 Å². The van der Waals surface area contributed by atoms with E-state index in [0.29, 0.717) is 0 Å². The zero-order valence-corrected chi connectivity index (χ0v) is 8.87. The minimum atomic E-state index is -0.429. The molecule has 2 N–H and O–H groups in total. The number of hydrogen-bond donors (Lipinski definition) is 2. The number of imide groups is 1. The van der Waals surface area contributed by atoms with Crippen LogP contribution in [0.1, 0.15) is 12.8 Å². The standard InChI is InChI=1S/C9H15N3O3/c1-10-6-5-8(14)12(9(6)15)4-3-7(13)11-2/h6,10H,3-5H2,1-2H3,(H,11,13). The number of nitrogens with one attached hydrogen (secondary N) is 2. The molecule has 6 heteroatoms. The number of likely N-dealkylation sites (N-methyl/N-ethyl adjacent to an activating group) is 1. The molecule has 15 heavy (non-hydrogen) atoms. The number of carbonyl (C=O) groups excluding carboxylic acids is 3. The minimum absolute atomic E-state index is 0.157. The molecule has 1 aliphatic rings. The number of nitrogens with zero attached hydrogens (tertiary/aromatic N) is 1. The number of carbonyl (C=O) groups is 3. The second-order valence-electron chi connectivity index (χ2n) is 3.35. The molecule has 1 heterocycles. The maximum Gasteiger partial charge on any atom is 0.246 e. The van der Waals surface area contributed by atoms with E-state index in [2.05, 4.69) is 10.6 Å². The molecule has 0 aliphatic carbocycles. The van der Waals surface area contributed by atoms with Crippen LogP contribution >= 0.6 is 0 Å². The topological polar surface area (TPSA) is 78.5 Å². The molecule has 0 radical (unpaired) electrons. The van der Waals surface area contributed by atoms with Gasteiger partial charge in [-0.2, -0.15) is 0 Å². The highest BCUT2D eigenvalue weighted by Crippen LogP contribution is 2.12. The smallest absolute Gasteiger partial charge is 0.246 e. The van der Waals surface area contributed by atoms with Crippen molar-refractivity contribution >= 4 is 17.7 Å². The molecule has 84 valence electrons. The summed E-state index contributed by atoms with van der Waals surface area (Å²) in [5, 5.41) is 5.20. The predicted octanol–water partition coefficient (Wildman–Crippen LogP) is -1.53.